The first kappa shape index (κ1) is 17.1. The van der Waals surface area contributed by atoms with E-state index in [4.69, 9.17) is 9.84 Å². The number of thiol groups is 1. The highest BCUT2D eigenvalue weighted by Crippen LogP contribution is 2.26. The number of amides is 1. The summed E-state index contributed by atoms with van der Waals surface area (Å²) in [5, 5.41) is 9.04. The molecule has 0 spiro atoms. The van der Waals surface area contributed by atoms with Crippen LogP contribution in [0.1, 0.15) is 40.0 Å². The minimum Gasteiger partial charge on any atom is -0.481 e. The van der Waals surface area contributed by atoms with E-state index in [1.165, 1.54) is 0 Å². The molecular formula is C14H25NO4S. The molecule has 0 aromatic heterocycles. The Hall–Kier alpha value is -0.910. The summed E-state index contributed by atoms with van der Waals surface area (Å²) in [4.78, 5) is 24.6. The first-order valence-electron chi connectivity index (χ1n) is 7.04. The van der Waals surface area contributed by atoms with Crippen molar-refractivity contribution in [1.29, 1.82) is 0 Å². The zero-order valence-electron chi connectivity index (χ0n) is 12.5. The smallest absolute Gasteiger partial charge is 0.410 e. The summed E-state index contributed by atoms with van der Waals surface area (Å²) in [6.45, 7) is 6.82. The maximum absolute atomic E-state index is 11.9. The standard InChI is InChI=1S/C14H25NO4S/c1-14(2,3)19-13(18)15-6-4-10(5-7-15)8-11(9-20)12(16)17/h10-11,20H,4-9H2,1-3H3,(H,16,17). The molecule has 1 N–H and O–H groups in total. The van der Waals surface area contributed by atoms with Gasteiger partial charge in [-0.15, -0.1) is 0 Å². The predicted octanol–water partition coefficient (Wildman–Crippen LogP) is 2.65. The number of ether oxygens (including phenoxy) is 1. The second-order valence-electron chi connectivity index (χ2n) is 6.36. The van der Waals surface area contributed by atoms with Crippen LogP contribution in [0.3, 0.4) is 0 Å². The molecule has 1 amide bonds. The largest absolute Gasteiger partial charge is 0.481 e. The molecule has 0 bridgehead atoms. The molecule has 0 radical (unpaired) electrons. The summed E-state index contributed by atoms with van der Waals surface area (Å²) in [5.41, 5.74) is -0.478. The maximum Gasteiger partial charge on any atom is 0.410 e. The van der Waals surface area contributed by atoms with Gasteiger partial charge in [0.25, 0.3) is 0 Å². The first-order valence-corrected chi connectivity index (χ1v) is 7.67. The van der Waals surface area contributed by atoms with Crippen molar-refractivity contribution in [2.75, 3.05) is 18.8 Å². The zero-order valence-corrected chi connectivity index (χ0v) is 13.4. The van der Waals surface area contributed by atoms with Gasteiger partial charge in [0, 0.05) is 18.8 Å². The van der Waals surface area contributed by atoms with E-state index in [1.807, 2.05) is 20.8 Å². The number of hydrogen-bond donors (Lipinski definition) is 2. The number of hydrogen-bond acceptors (Lipinski definition) is 4. The van der Waals surface area contributed by atoms with Gasteiger partial charge in [-0.1, -0.05) is 0 Å². The molecule has 6 heteroatoms. The zero-order chi connectivity index (χ0) is 15.3. The molecule has 1 saturated heterocycles. The molecule has 1 heterocycles. The summed E-state index contributed by atoms with van der Waals surface area (Å²) in [5.74, 6) is -0.463. The Morgan fingerprint density at radius 3 is 2.30 bits per heavy atom. The van der Waals surface area contributed by atoms with E-state index < -0.39 is 17.5 Å². The van der Waals surface area contributed by atoms with Gasteiger partial charge in [0.15, 0.2) is 0 Å². The molecule has 1 rings (SSSR count). The average Bonchev–Trinajstić information content (AvgIpc) is 2.34. The molecule has 20 heavy (non-hydrogen) atoms. The van der Waals surface area contributed by atoms with Crippen LogP contribution in [0.4, 0.5) is 4.79 Å². The summed E-state index contributed by atoms with van der Waals surface area (Å²) in [7, 11) is 0. The van der Waals surface area contributed by atoms with Crippen molar-refractivity contribution in [3.8, 4) is 0 Å². The number of piperidine rings is 1. The number of carboxylic acids is 1. The van der Waals surface area contributed by atoms with Gasteiger partial charge >= 0.3 is 12.1 Å². The van der Waals surface area contributed by atoms with E-state index in [0.29, 0.717) is 31.2 Å². The third kappa shape index (κ3) is 5.61. The highest BCUT2D eigenvalue weighted by atomic mass is 32.1. The van der Waals surface area contributed by atoms with Crippen molar-refractivity contribution in [2.24, 2.45) is 11.8 Å². The van der Waals surface area contributed by atoms with Crippen LogP contribution in [-0.4, -0.2) is 46.5 Å². The van der Waals surface area contributed by atoms with Crippen LogP contribution >= 0.6 is 12.6 Å². The fourth-order valence-electron chi connectivity index (χ4n) is 2.33. The topological polar surface area (TPSA) is 66.8 Å². The molecule has 1 aliphatic rings. The van der Waals surface area contributed by atoms with Crippen molar-refractivity contribution in [3.05, 3.63) is 0 Å². The Morgan fingerprint density at radius 2 is 1.90 bits per heavy atom. The summed E-state index contributed by atoms with van der Waals surface area (Å²) < 4.78 is 5.33. The lowest BCUT2D eigenvalue weighted by Crippen LogP contribution is -2.42. The molecule has 1 atom stereocenters. The van der Waals surface area contributed by atoms with Gasteiger partial charge in [-0.2, -0.15) is 12.6 Å². The van der Waals surface area contributed by atoms with Gasteiger partial charge in [-0.25, -0.2) is 4.79 Å². The van der Waals surface area contributed by atoms with Crippen molar-refractivity contribution >= 4 is 24.7 Å². The number of rotatable bonds is 4. The molecule has 1 aliphatic heterocycles. The van der Waals surface area contributed by atoms with Crippen molar-refractivity contribution in [3.63, 3.8) is 0 Å². The second-order valence-corrected chi connectivity index (χ2v) is 6.73. The van der Waals surface area contributed by atoms with Gasteiger partial charge < -0.3 is 14.7 Å². The Balaban J connectivity index is 2.40. The monoisotopic (exact) mass is 303 g/mol. The minimum atomic E-state index is -0.783. The Bertz CT molecular complexity index is 346. The van der Waals surface area contributed by atoms with Crippen LogP contribution in [-0.2, 0) is 9.53 Å². The van der Waals surface area contributed by atoms with E-state index in [2.05, 4.69) is 12.6 Å². The predicted molar refractivity (Wildman–Crippen MR) is 80.1 cm³/mol. The lowest BCUT2D eigenvalue weighted by molar-refractivity contribution is -0.141. The maximum atomic E-state index is 11.9. The van der Waals surface area contributed by atoms with Gasteiger partial charge in [-0.05, 0) is 46.0 Å². The molecule has 0 aromatic carbocycles. The highest BCUT2D eigenvalue weighted by Gasteiger charge is 2.29. The lowest BCUT2D eigenvalue weighted by Gasteiger charge is -2.34. The van der Waals surface area contributed by atoms with Crippen molar-refractivity contribution in [1.82, 2.24) is 4.90 Å². The van der Waals surface area contributed by atoms with Crippen LogP contribution in [0.15, 0.2) is 0 Å². The fraction of sp³-hybridized carbons (Fsp3) is 0.857. The molecule has 116 valence electrons. The van der Waals surface area contributed by atoms with Crippen LogP contribution < -0.4 is 0 Å². The third-order valence-electron chi connectivity index (χ3n) is 3.45. The minimum absolute atomic E-state index is 0.278. The van der Waals surface area contributed by atoms with Crippen molar-refractivity contribution < 1.29 is 19.4 Å². The SMILES string of the molecule is CC(C)(C)OC(=O)N1CCC(CC(CS)C(=O)O)CC1. The molecule has 0 aromatic rings. The molecule has 0 saturated carbocycles. The second kappa shape index (κ2) is 7.20. The molecule has 1 fully saturated rings. The van der Waals surface area contributed by atoms with Crippen LogP contribution in [0.2, 0.25) is 0 Å². The van der Waals surface area contributed by atoms with E-state index in [9.17, 15) is 9.59 Å². The van der Waals surface area contributed by atoms with E-state index in [-0.39, 0.29) is 6.09 Å². The summed E-state index contributed by atoms with van der Waals surface area (Å²) >= 11 is 4.09. The number of aliphatic carboxylic acids is 1. The molecule has 0 aliphatic carbocycles. The lowest BCUT2D eigenvalue weighted by atomic mass is 9.88. The number of carbonyl (C=O) groups excluding carboxylic acids is 1. The summed E-state index contributed by atoms with van der Waals surface area (Å²) in [6.07, 6.45) is 2.02. The quantitative estimate of drug-likeness (QED) is 0.784. The van der Waals surface area contributed by atoms with Crippen LogP contribution in [0.5, 0.6) is 0 Å². The Morgan fingerprint density at radius 1 is 1.35 bits per heavy atom. The van der Waals surface area contributed by atoms with Crippen LogP contribution in [0, 0.1) is 11.8 Å². The highest BCUT2D eigenvalue weighted by molar-refractivity contribution is 7.80. The van der Waals surface area contributed by atoms with E-state index >= 15 is 0 Å². The van der Waals surface area contributed by atoms with Gasteiger partial charge in [-0.3, -0.25) is 4.79 Å². The van der Waals surface area contributed by atoms with Crippen molar-refractivity contribution in [2.45, 2.75) is 45.6 Å². The Kier molecular flexibility index (Phi) is 6.17. The van der Waals surface area contributed by atoms with Gasteiger partial charge in [0.1, 0.15) is 5.60 Å². The number of carboxylic acid groups (broad SMARTS) is 1. The Labute approximate surface area is 126 Å². The summed E-state index contributed by atoms with van der Waals surface area (Å²) in [6, 6.07) is 0. The number of likely N-dealkylation sites (tertiary alicyclic amines) is 1. The van der Waals surface area contributed by atoms with Crippen LogP contribution in [0.25, 0.3) is 0 Å². The van der Waals surface area contributed by atoms with Gasteiger partial charge in [0.05, 0.1) is 5.92 Å². The molecular weight excluding hydrogens is 278 g/mol. The number of carbonyl (C=O) groups is 2. The first-order chi connectivity index (χ1) is 9.23. The fourth-order valence-corrected chi connectivity index (χ4v) is 2.64. The number of nitrogens with zero attached hydrogens (tertiary/aromatic N) is 1. The molecule has 5 nitrogen and oxygen atoms in total. The third-order valence-corrected chi connectivity index (χ3v) is 3.89. The van der Waals surface area contributed by atoms with E-state index in [1.54, 1.807) is 4.90 Å². The average molecular weight is 303 g/mol. The van der Waals surface area contributed by atoms with E-state index in [0.717, 1.165) is 12.8 Å². The van der Waals surface area contributed by atoms with Gasteiger partial charge in [0.2, 0.25) is 0 Å². The normalized spacial score (nSPS) is 18.7. The molecule has 1 unspecified atom stereocenters.